The molecule has 0 bridgehead atoms. The molecule has 9 nitrogen and oxygen atoms in total. The van der Waals surface area contributed by atoms with E-state index in [0.29, 0.717) is 34.7 Å². The van der Waals surface area contributed by atoms with E-state index in [1.165, 1.54) is 6.20 Å². The minimum atomic E-state index is -0.311. The number of hydrogen-bond acceptors (Lipinski definition) is 6. The van der Waals surface area contributed by atoms with Gasteiger partial charge in [0, 0.05) is 24.4 Å². The molecule has 5 rings (SSSR count). The van der Waals surface area contributed by atoms with Gasteiger partial charge < -0.3 is 25.4 Å². The molecule has 202 valence electrons. The van der Waals surface area contributed by atoms with Crippen LogP contribution >= 0.6 is 0 Å². The molecule has 1 aliphatic carbocycles. The van der Waals surface area contributed by atoms with Crippen molar-refractivity contribution < 1.29 is 14.3 Å². The molecule has 1 fully saturated rings. The molecule has 2 aromatic heterocycles. The summed E-state index contributed by atoms with van der Waals surface area (Å²) in [5.41, 5.74) is 3.89. The van der Waals surface area contributed by atoms with Crippen LogP contribution < -0.4 is 20.7 Å². The van der Waals surface area contributed by atoms with E-state index in [-0.39, 0.29) is 12.1 Å². The van der Waals surface area contributed by atoms with E-state index in [9.17, 15) is 10.1 Å². The van der Waals surface area contributed by atoms with E-state index < -0.39 is 0 Å². The molecule has 3 aromatic rings. The molecule has 0 unspecified atom stereocenters. The lowest BCUT2D eigenvalue weighted by Crippen LogP contribution is -2.35. The molecule has 3 N–H and O–H groups in total. The molecule has 0 radical (unpaired) electrons. The van der Waals surface area contributed by atoms with Crippen LogP contribution in [0.5, 0.6) is 5.75 Å². The van der Waals surface area contributed by atoms with E-state index >= 15 is 0 Å². The first-order chi connectivity index (χ1) is 19.1. The van der Waals surface area contributed by atoms with Crippen LogP contribution in [0.25, 0.3) is 5.52 Å². The van der Waals surface area contributed by atoms with Gasteiger partial charge in [-0.25, -0.2) is 9.31 Å². The van der Waals surface area contributed by atoms with Crippen molar-refractivity contribution in [1.82, 2.24) is 14.9 Å². The summed E-state index contributed by atoms with van der Waals surface area (Å²) in [7, 11) is 0. The highest BCUT2D eigenvalue weighted by atomic mass is 16.5. The second-order valence-corrected chi connectivity index (χ2v) is 8.86. The molecule has 1 aliphatic heterocycles. The molecule has 1 aromatic carbocycles. The minimum absolute atomic E-state index is 0.0598. The normalized spacial score (nSPS) is 15.9. The third-order valence-corrected chi connectivity index (χ3v) is 6.25. The van der Waals surface area contributed by atoms with Crippen LogP contribution in [-0.2, 0) is 4.74 Å². The third kappa shape index (κ3) is 6.86. The van der Waals surface area contributed by atoms with Gasteiger partial charge in [0.05, 0.1) is 41.0 Å². The largest absolute Gasteiger partial charge is 0.457 e. The summed E-state index contributed by atoms with van der Waals surface area (Å²) in [4.78, 5) is 12.5. The molecular weight excluding hydrogens is 492 g/mol. The van der Waals surface area contributed by atoms with Crippen molar-refractivity contribution in [3.8, 4) is 11.8 Å². The van der Waals surface area contributed by atoms with Crippen LogP contribution in [0.3, 0.4) is 0 Å². The maximum Gasteiger partial charge on any atom is 0.319 e. The molecule has 1 saturated heterocycles. The van der Waals surface area contributed by atoms with Crippen LogP contribution in [0.15, 0.2) is 72.8 Å². The van der Waals surface area contributed by atoms with Crippen molar-refractivity contribution >= 4 is 28.6 Å². The van der Waals surface area contributed by atoms with Crippen LogP contribution in [0, 0.1) is 18.3 Å². The summed E-state index contributed by atoms with van der Waals surface area (Å²) in [6.45, 7) is 7.09. The number of nitrogens with one attached hydrogen (secondary N) is 3. The molecular formula is C30H34N6O3. The number of urea groups is 1. The van der Waals surface area contributed by atoms with Crippen LogP contribution in [-0.4, -0.2) is 34.9 Å². The summed E-state index contributed by atoms with van der Waals surface area (Å²) in [6.07, 6.45) is 16.1. The lowest BCUT2D eigenvalue weighted by atomic mass is 10.1. The summed E-state index contributed by atoms with van der Waals surface area (Å²) in [5, 5.41) is 23.2. The Bertz CT molecular complexity index is 1420. The maximum absolute atomic E-state index is 12.5. The van der Waals surface area contributed by atoms with Gasteiger partial charge in [0.15, 0.2) is 0 Å². The van der Waals surface area contributed by atoms with Crippen molar-refractivity contribution in [1.29, 1.82) is 5.26 Å². The number of hydrogen-bond donors (Lipinski definition) is 3. The Morgan fingerprint density at radius 1 is 1.26 bits per heavy atom. The van der Waals surface area contributed by atoms with Crippen molar-refractivity contribution in [2.45, 2.75) is 46.1 Å². The molecule has 39 heavy (non-hydrogen) atoms. The Balaban J connectivity index is 0.00000172. The summed E-state index contributed by atoms with van der Waals surface area (Å²) in [6, 6.07) is 9.41. The highest BCUT2D eigenvalue weighted by molar-refractivity contribution is 5.94. The zero-order chi connectivity index (χ0) is 27.6. The zero-order valence-corrected chi connectivity index (χ0v) is 22.5. The van der Waals surface area contributed by atoms with E-state index in [0.717, 1.165) is 42.9 Å². The molecule has 2 aliphatic rings. The number of ether oxygens (including phenoxy) is 2. The minimum Gasteiger partial charge on any atom is -0.457 e. The topological polar surface area (TPSA) is 113 Å². The number of fused-ring (bicyclic) bond motifs is 1. The van der Waals surface area contributed by atoms with Crippen LogP contribution in [0.2, 0.25) is 0 Å². The summed E-state index contributed by atoms with van der Waals surface area (Å²) in [5.74, 6) is 1.47. The summed E-state index contributed by atoms with van der Waals surface area (Å²) < 4.78 is 13.2. The number of anilines is 3. The predicted octanol–water partition coefficient (Wildman–Crippen LogP) is 6.36. The quantitative estimate of drug-likeness (QED) is 0.330. The van der Waals surface area contributed by atoms with Gasteiger partial charge in [0.1, 0.15) is 17.6 Å². The Morgan fingerprint density at radius 2 is 2.08 bits per heavy atom. The van der Waals surface area contributed by atoms with Crippen molar-refractivity contribution in [3.05, 3.63) is 83.9 Å². The fourth-order valence-corrected chi connectivity index (χ4v) is 4.32. The average molecular weight is 527 g/mol. The lowest BCUT2D eigenvalue weighted by molar-refractivity contribution is 0.112. The number of aromatic nitrogens is 2. The number of carbonyl (C=O) groups is 1. The molecule has 2 amide bonds. The summed E-state index contributed by atoms with van der Waals surface area (Å²) >= 11 is 0. The third-order valence-electron chi connectivity index (χ3n) is 6.25. The molecule has 0 saturated carbocycles. The van der Waals surface area contributed by atoms with Gasteiger partial charge in [0.25, 0.3) is 0 Å². The van der Waals surface area contributed by atoms with E-state index in [1.807, 2.05) is 69.3 Å². The first-order valence-corrected chi connectivity index (χ1v) is 13.3. The number of benzene rings is 1. The van der Waals surface area contributed by atoms with Crippen LogP contribution in [0.1, 0.15) is 44.2 Å². The Morgan fingerprint density at radius 3 is 2.82 bits per heavy atom. The van der Waals surface area contributed by atoms with E-state index in [4.69, 9.17) is 9.47 Å². The number of allylic oxidation sites excluding steroid dienone is 5. The van der Waals surface area contributed by atoms with Gasteiger partial charge in [-0.2, -0.15) is 10.4 Å². The number of rotatable bonds is 7. The second kappa shape index (κ2) is 13.3. The van der Waals surface area contributed by atoms with Gasteiger partial charge >= 0.3 is 6.03 Å². The smallest absolute Gasteiger partial charge is 0.319 e. The fraction of sp³-hybridized carbons (Fsp3) is 0.300. The molecule has 1 atom stereocenters. The number of nitrogens with zero attached hydrogens (tertiary/aromatic N) is 3. The van der Waals surface area contributed by atoms with E-state index in [1.54, 1.807) is 10.7 Å². The highest BCUT2D eigenvalue weighted by Gasteiger charge is 2.19. The lowest BCUT2D eigenvalue weighted by Gasteiger charge is -2.12. The van der Waals surface area contributed by atoms with Crippen molar-refractivity contribution in [2.24, 2.45) is 0 Å². The van der Waals surface area contributed by atoms with Crippen LogP contribution in [0.4, 0.5) is 21.9 Å². The maximum atomic E-state index is 12.5. The van der Waals surface area contributed by atoms with Gasteiger partial charge in [-0.15, -0.1) is 0 Å². The molecule has 0 spiro atoms. The highest BCUT2D eigenvalue weighted by Crippen LogP contribution is 2.33. The Labute approximate surface area is 228 Å². The Kier molecular flexibility index (Phi) is 9.38. The number of carbonyl (C=O) groups excluding carboxylic acids is 1. The first-order valence-electron chi connectivity index (χ1n) is 13.3. The fourth-order valence-electron chi connectivity index (χ4n) is 4.32. The second-order valence-electron chi connectivity index (χ2n) is 8.86. The van der Waals surface area contributed by atoms with Gasteiger partial charge in [-0.05, 0) is 62.6 Å². The molecule has 9 heteroatoms. The monoisotopic (exact) mass is 526 g/mol. The van der Waals surface area contributed by atoms with Gasteiger partial charge in [-0.3, -0.25) is 0 Å². The predicted molar refractivity (Wildman–Crippen MR) is 153 cm³/mol. The van der Waals surface area contributed by atoms with Gasteiger partial charge in [-0.1, -0.05) is 32.1 Å². The van der Waals surface area contributed by atoms with Crippen molar-refractivity contribution in [3.63, 3.8) is 0 Å². The number of aryl methyl sites for hydroxylation is 1. The van der Waals surface area contributed by atoms with E-state index in [2.05, 4.69) is 33.2 Å². The first kappa shape index (κ1) is 27.5. The number of amides is 2. The van der Waals surface area contributed by atoms with Gasteiger partial charge in [0.2, 0.25) is 0 Å². The standard InChI is InChI=1S/C28H28N6O3.C2H6/c1-19-25(33-28(35)30-17-24-9-6-14-36-24)18-34-27(19)26(20(15-29)16-31-34)32-21-10-12-23(13-11-21)37-22-7-4-2-3-5-8-22;1-2/h2,4-5,7-8,10-13,16,18,24,32H,3,6,9,14,17H2,1H3,(H2,30,33,35);1-2H3/t24-;/m0./s1. The average Bonchev–Trinajstić information content (AvgIpc) is 3.50. The number of nitriles is 1. The Hall–Kier alpha value is -4.55. The zero-order valence-electron chi connectivity index (χ0n) is 22.5. The van der Waals surface area contributed by atoms with Crippen molar-refractivity contribution in [2.75, 3.05) is 23.8 Å². The molecule has 3 heterocycles. The SMILES string of the molecule is CC.Cc1c(NC(=O)NC[C@@H]2CCCO2)cn2ncc(C#N)c(Nc3ccc(OC4=CC=CCC=C4)cc3)c12.